The van der Waals surface area contributed by atoms with Crippen LogP contribution in [-0.4, -0.2) is 30.0 Å². The Hall–Kier alpha value is -1.58. The van der Waals surface area contributed by atoms with Gasteiger partial charge in [-0.05, 0) is 43.7 Å². The first kappa shape index (κ1) is 14.4. The molecular weight excluding hydrogens is 262 g/mol. The van der Waals surface area contributed by atoms with Crippen LogP contribution in [0.2, 0.25) is 0 Å². The summed E-state index contributed by atoms with van der Waals surface area (Å²) in [6.45, 7) is 4.30. The molecule has 1 aliphatic heterocycles. The quantitative estimate of drug-likeness (QED) is 0.929. The molecule has 2 heterocycles. The molecule has 1 aromatic heterocycles. The number of aromatic nitrogens is 1. The van der Waals surface area contributed by atoms with Gasteiger partial charge in [0.2, 0.25) is 0 Å². The van der Waals surface area contributed by atoms with E-state index < -0.39 is 0 Å². The van der Waals surface area contributed by atoms with Crippen molar-refractivity contribution in [1.82, 2.24) is 10.3 Å². The van der Waals surface area contributed by atoms with Crippen LogP contribution in [-0.2, 0) is 0 Å². The molecule has 0 bridgehead atoms. The van der Waals surface area contributed by atoms with Gasteiger partial charge in [-0.1, -0.05) is 19.8 Å². The Morgan fingerprint density at radius 3 is 2.86 bits per heavy atom. The number of hydrogen-bond acceptors (Lipinski definition) is 3. The lowest BCUT2D eigenvalue weighted by molar-refractivity contribution is 0.0921. The van der Waals surface area contributed by atoms with Crippen molar-refractivity contribution in [3.63, 3.8) is 0 Å². The van der Waals surface area contributed by atoms with E-state index in [0.29, 0.717) is 6.04 Å². The predicted molar refractivity (Wildman–Crippen MR) is 84.6 cm³/mol. The first-order valence-corrected chi connectivity index (χ1v) is 8.25. The summed E-state index contributed by atoms with van der Waals surface area (Å²) in [6.07, 6.45) is 8.89. The fraction of sp³-hybridized carbons (Fsp3) is 0.647. The molecule has 1 saturated heterocycles. The highest BCUT2D eigenvalue weighted by Crippen LogP contribution is 2.25. The zero-order valence-electron chi connectivity index (χ0n) is 12.8. The number of anilines is 1. The number of amides is 1. The smallest absolute Gasteiger partial charge is 0.255 e. The number of nitrogens with one attached hydrogen (secondary N) is 1. The van der Waals surface area contributed by atoms with E-state index in [1.807, 2.05) is 12.1 Å². The van der Waals surface area contributed by atoms with Crippen LogP contribution in [0.4, 0.5) is 5.82 Å². The van der Waals surface area contributed by atoms with Crippen molar-refractivity contribution in [2.45, 2.75) is 51.5 Å². The minimum absolute atomic E-state index is 0.0455. The second-order valence-corrected chi connectivity index (χ2v) is 6.51. The zero-order chi connectivity index (χ0) is 14.7. The Bertz CT molecular complexity index is 497. The highest BCUT2D eigenvalue weighted by atomic mass is 16.1. The van der Waals surface area contributed by atoms with Gasteiger partial charge in [-0.15, -0.1) is 0 Å². The largest absolute Gasteiger partial charge is 0.356 e. The molecule has 2 atom stereocenters. The number of carbonyl (C=O) groups excluding carboxylic acids is 1. The summed E-state index contributed by atoms with van der Waals surface area (Å²) >= 11 is 0. The van der Waals surface area contributed by atoms with E-state index in [-0.39, 0.29) is 5.91 Å². The Morgan fingerprint density at radius 2 is 2.10 bits per heavy atom. The van der Waals surface area contributed by atoms with Crippen LogP contribution in [0.3, 0.4) is 0 Å². The summed E-state index contributed by atoms with van der Waals surface area (Å²) in [5, 5.41) is 3.22. The van der Waals surface area contributed by atoms with Crippen molar-refractivity contribution in [2.75, 3.05) is 18.0 Å². The van der Waals surface area contributed by atoms with E-state index in [2.05, 4.69) is 22.1 Å². The number of nitrogens with zero attached hydrogens (tertiary/aromatic N) is 2. The second kappa shape index (κ2) is 6.46. The number of pyridine rings is 1. The molecule has 4 heteroatoms. The molecule has 0 spiro atoms. The molecule has 1 aliphatic carbocycles. The number of rotatable bonds is 3. The Labute approximate surface area is 126 Å². The first-order valence-electron chi connectivity index (χ1n) is 8.25. The molecule has 21 heavy (non-hydrogen) atoms. The maximum Gasteiger partial charge on any atom is 0.255 e. The van der Waals surface area contributed by atoms with E-state index in [1.54, 1.807) is 6.20 Å². The first-order chi connectivity index (χ1) is 10.2. The summed E-state index contributed by atoms with van der Waals surface area (Å²) < 4.78 is 0. The van der Waals surface area contributed by atoms with Crippen molar-refractivity contribution in [1.29, 1.82) is 0 Å². The van der Waals surface area contributed by atoms with E-state index in [0.717, 1.165) is 43.2 Å². The molecule has 2 aliphatic rings. The van der Waals surface area contributed by atoms with Crippen molar-refractivity contribution < 1.29 is 4.79 Å². The molecule has 1 saturated carbocycles. The Kier molecular flexibility index (Phi) is 4.42. The van der Waals surface area contributed by atoms with Gasteiger partial charge in [0.25, 0.3) is 5.91 Å². The van der Waals surface area contributed by atoms with Crippen molar-refractivity contribution in [3.05, 3.63) is 23.9 Å². The predicted octanol–water partition coefficient (Wildman–Crippen LogP) is 2.99. The van der Waals surface area contributed by atoms with Gasteiger partial charge in [-0.3, -0.25) is 4.79 Å². The standard InChI is InChI=1S/C17H25N3O/c1-13-6-4-7-14(12-13)19-17(21)15-8-5-9-18-16(15)20-10-2-3-11-20/h5,8-9,13-14H,2-4,6-7,10-12H2,1H3,(H,19,21)/t13-,14+/m1/s1. The van der Waals surface area contributed by atoms with Crippen LogP contribution in [0.5, 0.6) is 0 Å². The molecular formula is C17H25N3O. The number of hydrogen-bond donors (Lipinski definition) is 1. The average Bonchev–Trinajstić information content (AvgIpc) is 3.01. The molecule has 4 nitrogen and oxygen atoms in total. The van der Waals surface area contributed by atoms with Crippen LogP contribution >= 0.6 is 0 Å². The van der Waals surface area contributed by atoms with Gasteiger partial charge in [0, 0.05) is 25.3 Å². The average molecular weight is 287 g/mol. The van der Waals surface area contributed by atoms with Crippen molar-refractivity contribution in [3.8, 4) is 0 Å². The summed E-state index contributed by atoms with van der Waals surface area (Å²) in [5.41, 5.74) is 0.734. The van der Waals surface area contributed by atoms with E-state index in [1.165, 1.54) is 25.7 Å². The summed E-state index contributed by atoms with van der Waals surface area (Å²) in [4.78, 5) is 19.3. The lowest BCUT2D eigenvalue weighted by Crippen LogP contribution is -2.38. The van der Waals surface area contributed by atoms with Gasteiger partial charge in [-0.25, -0.2) is 4.98 Å². The van der Waals surface area contributed by atoms with Crippen LogP contribution in [0.1, 0.15) is 55.8 Å². The molecule has 0 radical (unpaired) electrons. The SMILES string of the molecule is C[C@@H]1CCC[C@H](NC(=O)c2cccnc2N2CCCC2)C1. The molecule has 0 unspecified atom stereocenters. The minimum atomic E-state index is 0.0455. The summed E-state index contributed by atoms with van der Waals surface area (Å²) in [7, 11) is 0. The third-order valence-corrected chi connectivity index (χ3v) is 4.71. The van der Waals surface area contributed by atoms with E-state index in [4.69, 9.17) is 0 Å². The molecule has 1 aromatic rings. The maximum absolute atomic E-state index is 12.6. The van der Waals surface area contributed by atoms with Crippen LogP contribution in [0.25, 0.3) is 0 Å². The van der Waals surface area contributed by atoms with Crippen molar-refractivity contribution in [2.24, 2.45) is 5.92 Å². The molecule has 1 N–H and O–H groups in total. The van der Waals surface area contributed by atoms with Crippen LogP contribution < -0.4 is 10.2 Å². The maximum atomic E-state index is 12.6. The Balaban J connectivity index is 1.72. The summed E-state index contributed by atoms with van der Waals surface area (Å²) in [6, 6.07) is 4.09. The lowest BCUT2D eigenvalue weighted by Gasteiger charge is -2.28. The summed E-state index contributed by atoms with van der Waals surface area (Å²) in [5.74, 6) is 1.62. The van der Waals surface area contributed by atoms with Gasteiger partial charge in [-0.2, -0.15) is 0 Å². The van der Waals surface area contributed by atoms with Crippen molar-refractivity contribution >= 4 is 11.7 Å². The fourth-order valence-corrected chi connectivity index (χ4v) is 3.58. The molecule has 2 fully saturated rings. The fourth-order valence-electron chi connectivity index (χ4n) is 3.58. The third-order valence-electron chi connectivity index (χ3n) is 4.71. The van der Waals surface area contributed by atoms with E-state index in [9.17, 15) is 4.79 Å². The van der Waals surface area contributed by atoms with E-state index >= 15 is 0 Å². The zero-order valence-corrected chi connectivity index (χ0v) is 12.8. The molecule has 0 aromatic carbocycles. The third kappa shape index (κ3) is 3.36. The molecule has 114 valence electrons. The highest BCUT2D eigenvalue weighted by Gasteiger charge is 2.24. The van der Waals surface area contributed by atoms with Gasteiger partial charge >= 0.3 is 0 Å². The lowest BCUT2D eigenvalue weighted by atomic mass is 9.87. The normalized spacial score (nSPS) is 25.9. The number of carbonyl (C=O) groups is 1. The highest BCUT2D eigenvalue weighted by molar-refractivity contribution is 5.99. The van der Waals surface area contributed by atoms with Gasteiger partial charge < -0.3 is 10.2 Å². The topological polar surface area (TPSA) is 45.2 Å². The van der Waals surface area contributed by atoms with Crippen LogP contribution in [0.15, 0.2) is 18.3 Å². The second-order valence-electron chi connectivity index (χ2n) is 6.51. The van der Waals surface area contributed by atoms with Gasteiger partial charge in [0.1, 0.15) is 5.82 Å². The monoisotopic (exact) mass is 287 g/mol. The molecule has 3 rings (SSSR count). The molecule has 1 amide bonds. The Morgan fingerprint density at radius 1 is 1.29 bits per heavy atom. The van der Waals surface area contributed by atoms with Gasteiger partial charge in [0.15, 0.2) is 0 Å². The van der Waals surface area contributed by atoms with Gasteiger partial charge in [0.05, 0.1) is 5.56 Å². The minimum Gasteiger partial charge on any atom is -0.356 e. The van der Waals surface area contributed by atoms with Crippen LogP contribution in [0, 0.1) is 5.92 Å².